The lowest BCUT2D eigenvalue weighted by Gasteiger charge is -2.03. The van der Waals surface area contributed by atoms with Crippen LogP contribution in [-0.2, 0) is 0 Å². The van der Waals surface area contributed by atoms with Gasteiger partial charge >= 0.3 is 0 Å². The van der Waals surface area contributed by atoms with Gasteiger partial charge < -0.3 is 4.74 Å². The largest absolute Gasteiger partial charge is 0.497 e. The third kappa shape index (κ3) is 2.95. The molecule has 0 saturated carbocycles. The molecule has 104 valence electrons. The second kappa shape index (κ2) is 6.06. The fourth-order valence-electron chi connectivity index (χ4n) is 2.06. The predicted octanol–water partition coefficient (Wildman–Crippen LogP) is 6.03. The van der Waals surface area contributed by atoms with Crippen LogP contribution in [0, 0.1) is 0 Å². The van der Waals surface area contributed by atoms with Gasteiger partial charge in [0, 0.05) is 0 Å². The Hall–Kier alpha value is -2.20. The third-order valence-electron chi connectivity index (χ3n) is 3.19. The molecule has 21 heavy (non-hydrogen) atoms. The van der Waals surface area contributed by atoms with E-state index in [1.54, 1.807) is 7.11 Å². The summed E-state index contributed by atoms with van der Waals surface area (Å²) in [6, 6.07) is 19.6. The molecule has 3 aromatic carbocycles. The Kier molecular flexibility index (Phi) is 3.97. The summed E-state index contributed by atoms with van der Waals surface area (Å²) < 4.78 is 6.08. The average Bonchev–Trinajstić information content (AvgIpc) is 2.55. The first-order chi connectivity index (χ1) is 10.3. The summed E-state index contributed by atoms with van der Waals surface area (Å²) in [5.41, 5.74) is 1.60. The second-order valence-electron chi connectivity index (χ2n) is 4.52. The van der Waals surface area contributed by atoms with Gasteiger partial charge in [-0.05, 0) is 57.0 Å². The van der Waals surface area contributed by atoms with E-state index in [9.17, 15) is 0 Å². The minimum absolute atomic E-state index is 0.788. The molecule has 0 aromatic heterocycles. The van der Waals surface area contributed by atoms with Gasteiger partial charge in [0.15, 0.2) is 0 Å². The van der Waals surface area contributed by atoms with Crippen molar-refractivity contribution in [3.8, 4) is 5.75 Å². The van der Waals surface area contributed by atoms with E-state index in [2.05, 4.69) is 38.3 Å². The Bertz CT molecular complexity index is 797. The van der Waals surface area contributed by atoms with Crippen molar-refractivity contribution >= 4 is 38.1 Å². The number of azo groups is 1. The van der Waals surface area contributed by atoms with E-state index < -0.39 is 0 Å². The SMILES string of the molecule is COc1ccc(N=Nc2ccc3ccccc3c2Br)cc1. The van der Waals surface area contributed by atoms with E-state index in [1.165, 1.54) is 5.39 Å². The molecular weight excluding hydrogens is 328 g/mol. The Morgan fingerprint density at radius 1 is 0.857 bits per heavy atom. The molecule has 0 N–H and O–H groups in total. The van der Waals surface area contributed by atoms with E-state index in [1.807, 2.05) is 48.5 Å². The molecule has 3 aromatic rings. The maximum Gasteiger partial charge on any atom is 0.119 e. The molecule has 0 radical (unpaired) electrons. The van der Waals surface area contributed by atoms with Crippen molar-refractivity contribution in [2.24, 2.45) is 10.2 Å². The van der Waals surface area contributed by atoms with Crippen LogP contribution >= 0.6 is 15.9 Å². The van der Waals surface area contributed by atoms with Gasteiger partial charge in [-0.1, -0.05) is 30.3 Å². The van der Waals surface area contributed by atoms with Crippen LogP contribution in [0.1, 0.15) is 0 Å². The van der Waals surface area contributed by atoms with Gasteiger partial charge in [-0.2, -0.15) is 5.11 Å². The van der Waals surface area contributed by atoms with Crippen molar-refractivity contribution in [3.05, 3.63) is 65.1 Å². The summed E-state index contributed by atoms with van der Waals surface area (Å²) in [7, 11) is 1.64. The number of ether oxygens (including phenoxy) is 1. The summed E-state index contributed by atoms with van der Waals surface area (Å²) >= 11 is 3.60. The van der Waals surface area contributed by atoms with Crippen molar-refractivity contribution < 1.29 is 4.74 Å². The quantitative estimate of drug-likeness (QED) is 0.536. The second-order valence-corrected chi connectivity index (χ2v) is 5.31. The number of halogens is 1. The fraction of sp³-hybridized carbons (Fsp3) is 0.0588. The zero-order chi connectivity index (χ0) is 14.7. The van der Waals surface area contributed by atoms with Crippen LogP contribution in [-0.4, -0.2) is 7.11 Å². The molecule has 0 aliphatic carbocycles. The molecule has 0 amide bonds. The van der Waals surface area contributed by atoms with Crippen molar-refractivity contribution in [3.63, 3.8) is 0 Å². The molecule has 0 aliphatic heterocycles. The summed E-state index contributed by atoms with van der Waals surface area (Å²) in [4.78, 5) is 0. The van der Waals surface area contributed by atoms with E-state index >= 15 is 0 Å². The number of benzene rings is 3. The predicted molar refractivity (Wildman–Crippen MR) is 88.8 cm³/mol. The summed E-state index contributed by atoms with van der Waals surface area (Å²) in [5.74, 6) is 0.806. The first-order valence-corrected chi connectivity index (χ1v) is 7.30. The molecule has 0 unspecified atom stereocenters. The molecule has 0 spiro atoms. The highest BCUT2D eigenvalue weighted by Crippen LogP contribution is 2.34. The Morgan fingerprint density at radius 2 is 1.62 bits per heavy atom. The maximum absolute atomic E-state index is 5.12. The van der Waals surface area contributed by atoms with E-state index in [4.69, 9.17) is 4.74 Å². The zero-order valence-electron chi connectivity index (χ0n) is 11.5. The summed E-state index contributed by atoms with van der Waals surface area (Å²) in [5, 5.41) is 10.9. The van der Waals surface area contributed by atoms with Crippen LogP contribution in [0.15, 0.2) is 75.4 Å². The lowest BCUT2D eigenvalue weighted by atomic mass is 10.1. The highest BCUT2D eigenvalue weighted by atomic mass is 79.9. The minimum Gasteiger partial charge on any atom is -0.497 e. The van der Waals surface area contributed by atoms with E-state index in [0.717, 1.165) is 27.0 Å². The first kappa shape index (κ1) is 13.8. The van der Waals surface area contributed by atoms with Crippen molar-refractivity contribution in [1.29, 1.82) is 0 Å². The van der Waals surface area contributed by atoms with Crippen LogP contribution < -0.4 is 4.74 Å². The summed E-state index contributed by atoms with van der Waals surface area (Å²) in [6.45, 7) is 0. The number of methoxy groups -OCH3 is 1. The monoisotopic (exact) mass is 340 g/mol. The van der Waals surface area contributed by atoms with Gasteiger partial charge in [0.1, 0.15) is 11.4 Å². The van der Waals surface area contributed by atoms with Crippen molar-refractivity contribution in [2.75, 3.05) is 7.11 Å². The number of nitrogens with zero attached hydrogens (tertiary/aromatic N) is 2. The molecule has 0 aliphatic rings. The Labute approximate surface area is 131 Å². The van der Waals surface area contributed by atoms with Crippen LogP contribution in [0.5, 0.6) is 5.75 Å². The van der Waals surface area contributed by atoms with Gasteiger partial charge in [0.2, 0.25) is 0 Å². The first-order valence-electron chi connectivity index (χ1n) is 6.51. The van der Waals surface area contributed by atoms with Crippen molar-refractivity contribution in [2.45, 2.75) is 0 Å². The van der Waals surface area contributed by atoms with E-state index in [-0.39, 0.29) is 0 Å². The highest BCUT2D eigenvalue weighted by molar-refractivity contribution is 9.10. The van der Waals surface area contributed by atoms with Gasteiger partial charge in [0.25, 0.3) is 0 Å². The van der Waals surface area contributed by atoms with Crippen molar-refractivity contribution in [1.82, 2.24) is 0 Å². The van der Waals surface area contributed by atoms with Gasteiger partial charge in [-0.15, -0.1) is 5.11 Å². The molecule has 0 fully saturated rings. The van der Waals surface area contributed by atoms with Gasteiger partial charge in [-0.25, -0.2) is 0 Å². The van der Waals surface area contributed by atoms with Crippen LogP contribution in [0.25, 0.3) is 10.8 Å². The topological polar surface area (TPSA) is 34.0 Å². The van der Waals surface area contributed by atoms with Crippen LogP contribution in [0.2, 0.25) is 0 Å². The number of hydrogen-bond acceptors (Lipinski definition) is 3. The number of fused-ring (bicyclic) bond motifs is 1. The maximum atomic E-state index is 5.12. The number of rotatable bonds is 3. The molecule has 3 rings (SSSR count). The fourth-order valence-corrected chi connectivity index (χ4v) is 2.63. The Morgan fingerprint density at radius 3 is 2.38 bits per heavy atom. The lowest BCUT2D eigenvalue weighted by molar-refractivity contribution is 0.415. The smallest absolute Gasteiger partial charge is 0.119 e. The molecule has 3 nitrogen and oxygen atoms in total. The van der Waals surface area contributed by atoms with Crippen LogP contribution in [0.3, 0.4) is 0 Å². The highest BCUT2D eigenvalue weighted by Gasteiger charge is 2.03. The Balaban J connectivity index is 1.93. The summed E-state index contributed by atoms with van der Waals surface area (Å²) in [6.07, 6.45) is 0. The molecule has 0 atom stereocenters. The average molecular weight is 341 g/mol. The minimum atomic E-state index is 0.788. The molecular formula is C17H13BrN2O. The molecule has 4 heteroatoms. The van der Waals surface area contributed by atoms with E-state index in [0.29, 0.717) is 0 Å². The zero-order valence-corrected chi connectivity index (χ0v) is 13.0. The lowest BCUT2D eigenvalue weighted by Crippen LogP contribution is -1.79. The normalized spacial score (nSPS) is 11.1. The van der Waals surface area contributed by atoms with Gasteiger partial charge in [0.05, 0.1) is 17.3 Å². The molecule has 0 saturated heterocycles. The third-order valence-corrected chi connectivity index (χ3v) is 4.02. The van der Waals surface area contributed by atoms with Gasteiger partial charge in [-0.3, -0.25) is 0 Å². The standard InChI is InChI=1S/C17H13BrN2O/c1-21-14-9-7-13(8-10-14)19-20-16-11-6-12-4-2-3-5-15(12)17(16)18/h2-11H,1H3. The molecule has 0 heterocycles. The molecule has 0 bridgehead atoms. The number of hydrogen-bond donors (Lipinski definition) is 0. The van der Waals surface area contributed by atoms with Crippen LogP contribution in [0.4, 0.5) is 11.4 Å².